The number of hydrogen-bond donors (Lipinski definition) is 0. The maximum Gasteiger partial charge on any atom is 0.306 e. The molecule has 0 saturated carbocycles. The van der Waals surface area contributed by atoms with Gasteiger partial charge < -0.3 is 14.2 Å². The minimum absolute atomic E-state index is 0.0724. The van der Waals surface area contributed by atoms with Gasteiger partial charge in [0, 0.05) is 19.3 Å². The second-order valence-electron chi connectivity index (χ2n) is 24.1. The maximum atomic E-state index is 12.9. The second kappa shape index (κ2) is 68.1. The molecule has 464 valence electrons. The quantitative estimate of drug-likeness (QED) is 0.0261. The summed E-state index contributed by atoms with van der Waals surface area (Å²) in [5.74, 6) is -0.864. The molecule has 6 nitrogen and oxygen atoms in total. The van der Waals surface area contributed by atoms with E-state index < -0.39 is 6.10 Å². The minimum Gasteiger partial charge on any atom is -0.462 e. The third-order valence-corrected chi connectivity index (χ3v) is 16.1. The van der Waals surface area contributed by atoms with Crippen LogP contribution in [0.5, 0.6) is 0 Å². The molecule has 0 aromatic rings. The molecule has 1 atom stereocenters. The standard InChI is InChI=1S/C73H136O6/c1-4-7-10-13-16-19-22-24-26-28-30-31-32-33-34-35-36-37-38-39-40-41-42-44-45-47-49-51-54-57-60-63-66-72(75)78-69-70(68-77-71(74)65-62-59-56-53-21-18-15-12-9-6-3)79-73(76)67-64-61-58-55-52-50-48-46-43-29-27-25-23-20-17-14-11-8-5-2/h12,15,17,20,25,27,70H,4-11,13-14,16,18-19,21-24,26,28-69H2,1-3H3/b15-12-,20-17-,27-25-. The molecule has 0 aromatic carbocycles. The van der Waals surface area contributed by atoms with E-state index in [4.69, 9.17) is 14.2 Å². The third-order valence-electron chi connectivity index (χ3n) is 16.1. The highest BCUT2D eigenvalue weighted by Gasteiger charge is 2.19. The largest absolute Gasteiger partial charge is 0.462 e. The number of carbonyl (C=O) groups excluding carboxylic acids is 3. The predicted octanol–water partition coefficient (Wildman–Crippen LogP) is 24.3. The summed E-state index contributed by atoms with van der Waals surface area (Å²) in [6, 6.07) is 0. The Morgan fingerprint density at radius 1 is 0.253 bits per heavy atom. The van der Waals surface area contributed by atoms with Crippen LogP contribution >= 0.6 is 0 Å². The van der Waals surface area contributed by atoms with Crippen LogP contribution in [0.15, 0.2) is 36.5 Å². The molecule has 0 spiro atoms. The van der Waals surface area contributed by atoms with Crippen molar-refractivity contribution in [3.05, 3.63) is 36.5 Å². The van der Waals surface area contributed by atoms with Crippen molar-refractivity contribution in [1.82, 2.24) is 0 Å². The van der Waals surface area contributed by atoms with Crippen LogP contribution in [0.2, 0.25) is 0 Å². The first-order valence-corrected chi connectivity index (χ1v) is 35.5. The summed E-state index contributed by atoms with van der Waals surface area (Å²) in [6.07, 6.45) is 84.9. The summed E-state index contributed by atoms with van der Waals surface area (Å²) >= 11 is 0. The van der Waals surface area contributed by atoms with Crippen LogP contribution in [0.1, 0.15) is 393 Å². The van der Waals surface area contributed by atoms with Crippen molar-refractivity contribution in [2.24, 2.45) is 0 Å². The Morgan fingerprint density at radius 2 is 0.481 bits per heavy atom. The number of unbranched alkanes of at least 4 members (excludes halogenated alkanes) is 49. The van der Waals surface area contributed by atoms with E-state index in [0.717, 1.165) is 77.0 Å². The van der Waals surface area contributed by atoms with E-state index in [1.54, 1.807) is 0 Å². The predicted molar refractivity (Wildman–Crippen MR) is 344 cm³/mol. The minimum atomic E-state index is -0.776. The van der Waals surface area contributed by atoms with Crippen molar-refractivity contribution in [2.75, 3.05) is 13.2 Å². The van der Waals surface area contributed by atoms with Crippen LogP contribution in [-0.4, -0.2) is 37.2 Å². The molecule has 0 amide bonds. The molecule has 0 bridgehead atoms. The summed E-state index contributed by atoms with van der Waals surface area (Å²) in [5, 5.41) is 0. The number of ether oxygens (including phenoxy) is 3. The van der Waals surface area contributed by atoms with Gasteiger partial charge in [0.25, 0.3) is 0 Å². The third kappa shape index (κ3) is 66.3. The normalized spacial score (nSPS) is 12.2. The van der Waals surface area contributed by atoms with E-state index in [9.17, 15) is 14.4 Å². The molecular weight excluding hydrogens is 973 g/mol. The molecule has 79 heavy (non-hydrogen) atoms. The first-order valence-electron chi connectivity index (χ1n) is 35.5. The van der Waals surface area contributed by atoms with Crippen LogP contribution in [0.3, 0.4) is 0 Å². The first-order chi connectivity index (χ1) is 39.0. The fourth-order valence-corrected chi connectivity index (χ4v) is 10.8. The Balaban J connectivity index is 4.06. The lowest BCUT2D eigenvalue weighted by Crippen LogP contribution is -2.30. The van der Waals surface area contributed by atoms with Gasteiger partial charge in [0.1, 0.15) is 13.2 Å². The smallest absolute Gasteiger partial charge is 0.306 e. The van der Waals surface area contributed by atoms with Crippen molar-refractivity contribution in [1.29, 1.82) is 0 Å². The highest BCUT2D eigenvalue weighted by molar-refractivity contribution is 5.71. The molecule has 0 rings (SSSR count). The van der Waals surface area contributed by atoms with Crippen molar-refractivity contribution >= 4 is 17.9 Å². The lowest BCUT2D eigenvalue weighted by Gasteiger charge is -2.18. The van der Waals surface area contributed by atoms with Gasteiger partial charge in [-0.3, -0.25) is 14.4 Å². The second-order valence-corrected chi connectivity index (χ2v) is 24.1. The molecular formula is C73H136O6. The Labute approximate surface area is 493 Å². The molecule has 0 aliphatic rings. The summed E-state index contributed by atoms with van der Waals surface area (Å²) in [7, 11) is 0. The Morgan fingerprint density at radius 3 is 0.785 bits per heavy atom. The lowest BCUT2D eigenvalue weighted by atomic mass is 10.0. The number of allylic oxidation sites excluding steroid dienone is 6. The molecule has 0 N–H and O–H groups in total. The molecule has 0 aromatic heterocycles. The zero-order valence-corrected chi connectivity index (χ0v) is 53.4. The van der Waals surface area contributed by atoms with Crippen LogP contribution in [0, 0.1) is 0 Å². The van der Waals surface area contributed by atoms with Gasteiger partial charge in [0.05, 0.1) is 0 Å². The van der Waals surface area contributed by atoms with E-state index in [0.29, 0.717) is 19.3 Å². The number of rotatable bonds is 66. The molecule has 0 radical (unpaired) electrons. The number of carbonyl (C=O) groups is 3. The summed E-state index contributed by atoms with van der Waals surface area (Å²) in [4.78, 5) is 38.3. The van der Waals surface area contributed by atoms with Gasteiger partial charge in [-0.05, 0) is 70.6 Å². The summed E-state index contributed by atoms with van der Waals surface area (Å²) in [6.45, 7) is 6.61. The average Bonchev–Trinajstić information content (AvgIpc) is 3.45. The van der Waals surface area contributed by atoms with Crippen molar-refractivity contribution in [3.8, 4) is 0 Å². The first kappa shape index (κ1) is 76.6. The molecule has 0 heterocycles. The molecule has 0 saturated heterocycles. The van der Waals surface area contributed by atoms with Crippen molar-refractivity contribution in [2.45, 2.75) is 399 Å². The maximum absolute atomic E-state index is 12.9. The van der Waals surface area contributed by atoms with Gasteiger partial charge in [-0.2, -0.15) is 0 Å². The summed E-state index contributed by atoms with van der Waals surface area (Å²) in [5.41, 5.74) is 0. The lowest BCUT2D eigenvalue weighted by molar-refractivity contribution is -0.167. The molecule has 0 aliphatic heterocycles. The highest BCUT2D eigenvalue weighted by atomic mass is 16.6. The van der Waals surface area contributed by atoms with Crippen molar-refractivity contribution in [3.63, 3.8) is 0 Å². The summed E-state index contributed by atoms with van der Waals surface area (Å²) < 4.78 is 16.9. The van der Waals surface area contributed by atoms with E-state index in [2.05, 4.69) is 57.2 Å². The van der Waals surface area contributed by atoms with E-state index in [-0.39, 0.29) is 31.1 Å². The highest BCUT2D eigenvalue weighted by Crippen LogP contribution is 2.19. The van der Waals surface area contributed by atoms with Gasteiger partial charge in [0.2, 0.25) is 0 Å². The van der Waals surface area contributed by atoms with E-state index in [1.165, 1.54) is 276 Å². The molecule has 0 aliphatic carbocycles. The van der Waals surface area contributed by atoms with Crippen LogP contribution in [0.25, 0.3) is 0 Å². The van der Waals surface area contributed by atoms with E-state index >= 15 is 0 Å². The van der Waals surface area contributed by atoms with Crippen LogP contribution in [-0.2, 0) is 28.6 Å². The number of esters is 3. The van der Waals surface area contributed by atoms with Crippen molar-refractivity contribution < 1.29 is 28.6 Å². The molecule has 0 fully saturated rings. The molecule has 6 heteroatoms. The fourth-order valence-electron chi connectivity index (χ4n) is 10.8. The fraction of sp³-hybridized carbons (Fsp3) is 0.877. The zero-order valence-electron chi connectivity index (χ0n) is 53.4. The van der Waals surface area contributed by atoms with Crippen LogP contribution in [0.4, 0.5) is 0 Å². The Kier molecular flexibility index (Phi) is 66.1. The topological polar surface area (TPSA) is 78.9 Å². The van der Waals surface area contributed by atoms with Gasteiger partial charge in [-0.15, -0.1) is 0 Å². The SMILES string of the molecule is CCC/C=C\CCCCCCCC(=O)OCC(COC(=O)CCCCCCCCCCCCCCCCCCCCCCCCCCCCCCCCCC)OC(=O)CCCCCCCCCCC/C=C\C/C=C\CCCCC. The van der Waals surface area contributed by atoms with Gasteiger partial charge >= 0.3 is 17.9 Å². The monoisotopic (exact) mass is 1110 g/mol. The van der Waals surface area contributed by atoms with Crippen LogP contribution < -0.4 is 0 Å². The molecule has 1 unspecified atom stereocenters. The van der Waals surface area contributed by atoms with E-state index in [1.807, 2.05) is 0 Å². The Hall–Kier alpha value is -2.37. The average molecular weight is 1110 g/mol. The van der Waals surface area contributed by atoms with Gasteiger partial charge in [0.15, 0.2) is 6.10 Å². The Bertz CT molecular complexity index is 1320. The van der Waals surface area contributed by atoms with Gasteiger partial charge in [-0.1, -0.05) is 340 Å². The zero-order chi connectivity index (χ0) is 57.1. The number of hydrogen-bond acceptors (Lipinski definition) is 6. The van der Waals surface area contributed by atoms with Gasteiger partial charge in [-0.25, -0.2) is 0 Å².